The van der Waals surface area contributed by atoms with Crippen LogP contribution in [0.1, 0.15) is 49.3 Å². The Kier molecular flexibility index (Phi) is 5.62. The molecule has 1 aromatic carbocycles. The van der Waals surface area contributed by atoms with Gasteiger partial charge in [-0.1, -0.05) is 26.0 Å². The van der Waals surface area contributed by atoms with Crippen molar-refractivity contribution in [3.8, 4) is 0 Å². The largest absolute Gasteiger partial charge is 0.294 e. The van der Waals surface area contributed by atoms with E-state index in [1.165, 1.54) is 4.90 Å². The van der Waals surface area contributed by atoms with E-state index in [-0.39, 0.29) is 5.78 Å². The summed E-state index contributed by atoms with van der Waals surface area (Å²) in [5, 5.41) is 4.49. The second-order valence-electron chi connectivity index (χ2n) is 5.10. The van der Waals surface area contributed by atoms with Gasteiger partial charge in [0.25, 0.3) is 0 Å². The molecule has 0 amide bonds. The van der Waals surface area contributed by atoms with E-state index in [1.807, 2.05) is 41.2 Å². The van der Waals surface area contributed by atoms with Gasteiger partial charge in [-0.3, -0.25) is 9.48 Å². The lowest BCUT2D eigenvalue weighted by molar-refractivity contribution is 0.0991. The third kappa shape index (κ3) is 4.21. The molecule has 2 aromatic rings. The fourth-order valence-electron chi connectivity index (χ4n) is 2.07. The van der Waals surface area contributed by atoms with Gasteiger partial charge in [-0.15, -0.1) is 11.8 Å². The van der Waals surface area contributed by atoms with Crippen LogP contribution in [-0.4, -0.2) is 21.3 Å². The summed E-state index contributed by atoms with van der Waals surface area (Å²) in [7, 11) is 0. The highest BCUT2D eigenvalue weighted by atomic mass is 32.2. The first-order valence-corrected chi connectivity index (χ1v) is 8.42. The number of hydrogen-bond acceptors (Lipinski definition) is 3. The van der Waals surface area contributed by atoms with Crippen molar-refractivity contribution in [2.45, 2.75) is 44.6 Å². The van der Waals surface area contributed by atoms with E-state index < -0.39 is 0 Å². The van der Waals surface area contributed by atoms with E-state index in [9.17, 15) is 4.79 Å². The highest BCUT2D eigenvalue weighted by Crippen LogP contribution is 2.18. The first kappa shape index (κ1) is 15.8. The van der Waals surface area contributed by atoms with E-state index in [2.05, 4.69) is 25.9 Å². The zero-order valence-electron chi connectivity index (χ0n) is 12.9. The number of thioether (sulfide) groups is 1. The van der Waals surface area contributed by atoms with Crippen LogP contribution in [0.4, 0.5) is 0 Å². The molecule has 0 aliphatic rings. The second-order valence-corrected chi connectivity index (χ2v) is 6.44. The predicted octanol–water partition coefficient (Wildman–Crippen LogP) is 4.39. The van der Waals surface area contributed by atoms with Crippen LogP contribution in [0.25, 0.3) is 0 Å². The van der Waals surface area contributed by atoms with Crippen LogP contribution in [0.2, 0.25) is 0 Å². The second kappa shape index (κ2) is 7.46. The normalized spacial score (nSPS) is 12.3. The molecule has 1 unspecified atom stereocenters. The Balaban J connectivity index is 2.02. The van der Waals surface area contributed by atoms with Crippen LogP contribution >= 0.6 is 11.8 Å². The van der Waals surface area contributed by atoms with Crippen LogP contribution in [0.15, 0.2) is 41.4 Å². The lowest BCUT2D eigenvalue weighted by Gasteiger charge is -2.08. The molecule has 0 aliphatic carbocycles. The van der Waals surface area contributed by atoms with Crippen molar-refractivity contribution in [3.05, 3.63) is 47.8 Å². The zero-order chi connectivity index (χ0) is 15.2. The molecule has 0 spiro atoms. The molecule has 0 N–H and O–H groups in total. The number of carbonyl (C=O) groups excluding carboxylic acids is 1. The molecule has 1 atom stereocenters. The average Bonchev–Trinajstić information content (AvgIpc) is 2.96. The highest BCUT2D eigenvalue weighted by Gasteiger charge is 2.11. The molecular weight excluding hydrogens is 280 g/mol. The summed E-state index contributed by atoms with van der Waals surface area (Å²) in [6.45, 7) is 6.38. The van der Waals surface area contributed by atoms with E-state index in [0.29, 0.717) is 12.5 Å². The summed E-state index contributed by atoms with van der Waals surface area (Å²) in [6, 6.07) is 10.2. The number of carbonyl (C=O) groups is 1. The first-order chi connectivity index (χ1) is 10.1. The highest BCUT2D eigenvalue weighted by molar-refractivity contribution is 7.99. The Morgan fingerprint density at radius 3 is 2.57 bits per heavy atom. The summed E-state index contributed by atoms with van der Waals surface area (Å²) in [5.41, 5.74) is 1.60. The molecule has 3 nitrogen and oxygen atoms in total. The number of benzene rings is 1. The number of Topliss-reactive ketones (excluding diaryl/α,β-unsaturated/α-hetero) is 1. The van der Waals surface area contributed by atoms with Crippen LogP contribution in [0.5, 0.6) is 0 Å². The van der Waals surface area contributed by atoms with E-state index >= 15 is 0 Å². The Labute approximate surface area is 130 Å². The van der Waals surface area contributed by atoms with Crippen molar-refractivity contribution >= 4 is 17.5 Å². The van der Waals surface area contributed by atoms with E-state index in [1.54, 1.807) is 11.8 Å². The predicted molar refractivity (Wildman–Crippen MR) is 88.1 cm³/mol. The first-order valence-electron chi connectivity index (χ1n) is 7.44. The Hall–Kier alpha value is -1.55. The van der Waals surface area contributed by atoms with E-state index in [0.717, 1.165) is 23.4 Å². The summed E-state index contributed by atoms with van der Waals surface area (Å²) < 4.78 is 1.93. The lowest BCUT2D eigenvalue weighted by Crippen LogP contribution is -2.07. The summed E-state index contributed by atoms with van der Waals surface area (Å²) >= 11 is 1.78. The fourth-order valence-corrected chi connectivity index (χ4v) is 2.74. The summed E-state index contributed by atoms with van der Waals surface area (Å²) in [6.07, 6.45) is 3.35. The van der Waals surface area contributed by atoms with Crippen molar-refractivity contribution in [1.82, 2.24) is 9.78 Å². The van der Waals surface area contributed by atoms with E-state index in [4.69, 9.17) is 0 Å². The molecule has 2 rings (SSSR count). The fraction of sp³-hybridized carbons (Fsp3) is 0.412. The van der Waals surface area contributed by atoms with Crippen molar-refractivity contribution in [3.63, 3.8) is 0 Å². The van der Waals surface area contributed by atoms with Gasteiger partial charge in [0.05, 0.1) is 12.1 Å². The van der Waals surface area contributed by atoms with Gasteiger partial charge in [0, 0.05) is 22.7 Å². The zero-order valence-corrected chi connectivity index (χ0v) is 13.7. The van der Waals surface area contributed by atoms with Gasteiger partial charge >= 0.3 is 0 Å². The third-order valence-electron chi connectivity index (χ3n) is 3.53. The maximum absolute atomic E-state index is 12.3. The summed E-state index contributed by atoms with van der Waals surface area (Å²) in [5.74, 6) is 1.16. The van der Waals surface area contributed by atoms with Crippen LogP contribution in [0, 0.1) is 0 Å². The Bertz CT molecular complexity index is 589. The van der Waals surface area contributed by atoms with Crippen molar-refractivity contribution in [2.75, 3.05) is 5.75 Å². The minimum atomic E-state index is 0.123. The number of nitrogens with zero attached hydrogens (tertiary/aromatic N) is 2. The SMILES string of the molecule is CCSc1ccc(C(=O)Cc2ccn(C(C)CC)n2)cc1. The Morgan fingerprint density at radius 2 is 1.95 bits per heavy atom. The molecule has 0 bridgehead atoms. The lowest BCUT2D eigenvalue weighted by atomic mass is 10.1. The van der Waals surface area contributed by atoms with Crippen LogP contribution in [-0.2, 0) is 6.42 Å². The molecule has 0 saturated carbocycles. The van der Waals surface area contributed by atoms with Crippen LogP contribution in [0.3, 0.4) is 0 Å². The number of rotatable bonds is 7. The minimum absolute atomic E-state index is 0.123. The monoisotopic (exact) mass is 302 g/mol. The molecule has 0 saturated heterocycles. The van der Waals surface area contributed by atoms with Crippen LogP contribution < -0.4 is 0 Å². The van der Waals surface area contributed by atoms with Gasteiger partial charge in [-0.25, -0.2) is 0 Å². The van der Waals surface area contributed by atoms with Gasteiger partial charge in [-0.2, -0.15) is 5.10 Å². The van der Waals surface area contributed by atoms with Gasteiger partial charge in [0.15, 0.2) is 5.78 Å². The molecule has 1 aromatic heterocycles. The summed E-state index contributed by atoms with van der Waals surface area (Å²) in [4.78, 5) is 13.5. The van der Waals surface area contributed by atoms with Gasteiger partial charge in [0.2, 0.25) is 0 Å². The third-order valence-corrected chi connectivity index (χ3v) is 4.43. The smallest absolute Gasteiger partial charge is 0.168 e. The standard InChI is InChI=1S/C17H22N2OS/c1-4-13(3)19-11-10-15(18-19)12-17(20)14-6-8-16(9-7-14)21-5-2/h6-11,13H,4-5,12H2,1-3H3. The molecule has 0 radical (unpaired) electrons. The van der Waals surface area contributed by atoms with Gasteiger partial charge in [0.1, 0.15) is 0 Å². The Morgan fingerprint density at radius 1 is 1.24 bits per heavy atom. The van der Waals surface area contributed by atoms with Crippen molar-refractivity contribution in [2.24, 2.45) is 0 Å². The molecule has 21 heavy (non-hydrogen) atoms. The average molecular weight is 302 g/mol. The van der Waals surface area contributed by atoms with Gasteiger partial charge < -0.3 is 0 Å². The maximum atomic E-state index is 12.3. The number of aromatic nitrogens is 2. The molecular formula is C17H22N2OS. The molecule has 0 aliphatic heterocycles. The van der Waals surface area contributed by atoms with Crippen molar-refractivity contribution < 1.29 is 4.79 Å². The molecule has 0 fully saturated rings. The molecule has 1 heterocycles. The quantitative estimate of drug-likeness (QED) is 0.562. The van der Waals surface area contributed by atoms with Crippen molar-refractivity contribution in [1.29, 1.82) is 0 Å². The minimum Gasteiger partial charge on any atom is -0.294 e. The molecule has 4 heteroatoms. The number of ketones is 1. The van der Waals surface area contributed by atoms with Gasteiger partial charge in [-0.05, 0) is 37.3 Å². The maximum Gasteiger partial charge on any atom is 0.168 e. The number of hydrogen-bond donors (Lipinski definition) is 0. The topological polar surface area (TPSA) is 34.9 Å². The molecule has 112 valence electrons.